The Bertz CT molecular complexity index is 407. The van der Waals surface area contributed by atoms with Crippen LogP contribution in [0.4, 0.5) is 0 Å². The van der Waals surface area contributed by atoms with E-state index in [9.17, 15) is 8.42 Å². The number of piperidine rings is 1. The van der Waals surface area contributed by atoms with Crippen LogP contribution in [0.2, 0.25) is 0 Å². The third kappa shape index (κ3) is 7.11. The fourth-order valence-corrected chi connectivity index (χ4v) is 4.59. The van der Waals surface area contributed by atoms with E-state index in [-0.39, 0.29) is 5.41 Å². The minimum Gasteiger partial charge on any atom is -0.314 e. The lowest BCUT2D eigenvalue weighted by Crippen LogP contribution is -2.41. The maximum atomic E-state index is 11.7. The molecular weight excluding hydrogens is 284 g/mol. The second kappa shape index (κ2) is 7.93. The summed E-state index contributed by atoms with van der Waals surface area (Å²) in [4.78, 5) is 0. The van der Waals surface area contributed by atoms with Crippen LogP contribution in [0, 0.1) is 11.3 Å². The zero-order valence-electron chi connectivity index (χ0n) is 14.5. The maximum absolute atomic E-state index is 11.7. The second-order valence-electron chi connectivity index (χ2n) is 7.56. The second-order valence-corrected chi connectivity index (χ2v) is 9.54. The van der Waals surface area contributed by atoms with Crippen molar-refractivity contribution in [2.45, 2.75) is 65.8 Å². The fourth-order valence-electron chi connectivity index (χ4n) is 3.65. The van der Waals surface area contributed by atoms with Gasteiger partial charge < -0.3 is 5.32 Å². The van der Waals surface area contributed by atoms with Crippen LogP contribution in [-0.4, -0.2) is 44.7 Å². The SMILES string of the molecule is CCCNC(C)CC(C)(C)CC1CCCN(S(C)(=O)=O)C1. The highest BCUT2D eigenvalue weighted by Crippen LogP contribution is 2.34. The van der Waals surface area contributed by atoms with Gasteiger partial charge in [0.1, 0.15) is 0 Å². The average Bonchev–Trinajstić information content (AvgIpc) is 2.34. The summed E-state index contributed by atoms with van der Waals surface area (Å²) in [6.07, 6.45) is 6.90. The van der Waals surface area contributed by atoms with Gasteiger partial charge >= 0.3 is 0 Å². The molecule has 0 aromatic heterocycles. The highest BCUT2D eigenvalue weighted by atomic mass is 32.2. The number of nitrogens with one attached hydrogen (secondary N) is 1. The van der Waals surface area contributed by atoms with Crippen molar-refractivity contribution in [3.63, 3.8) is 0 Å². The molecular formula is C16H34N2O2S. The van der Waals surface area contributed by atoms with Crippen molar-refractivity contribution in [2.75, 3.05) is 25.9 Å². The molecule has 126 valence electrons. The molecule has 0 amide bonds. The van der Waals surface area contributed by atoms with E-state index in [1.54, 1.807) is 4.31 Å². The molecule has 1 heterocycles. The van der Waals surface area contributed by atoms with E-state index in [1.807, 2.05) is 0 Å². The van der Waals surface area contributed by atoms with Crippen LogP contribution in [0.15, 0.2) is 0 Å². The van der Waals surface area contributed by atoms with Crippen molar-refractivity contribution in [1.82, 2.24) is 9.62 Å². The molecule has 0 aromatic rings. The molecule has 5 heteroatoms. The topological polar surface area (TPSA) is 49.4 Å². The van der Waals surface area contributed by atoms with Crippen molar-refractivity contribution in [1.29, 1.82) is 0 Å². The van der Waals surface area contributed by atoms with Crippen molar-refractivity contribution in [2.24, 2.45) is 11.3 Å². The van der Waals surface area contributed by atoms with Crippen molar-refractivity contribution in [3.05, 3.63) is 0 Å². The van der Waals surface area contributed by atoms with Crippen LogP contribution in [0.25, 0.3) is 0 Å². The van der Waals surface area contributed by atoms with E-state index in [2.05, 4.69) is 33.0 Å². The number of rotatable bonds is 8. The van der Waals surface area contributed by atoms with Gasteiger partial charge in [-0.1, -0.05) is 20.8 Å². The summed E-state index contributed by atoms with van der Waals surface area (Å²) < 4.78 is 25.1. The van der Waals surface area contributed by atoms with Gasteiger partial charge in [-0.15, -0.1) is 0 Å². The molecule has 1 N–H and O–H groups in total. The Morgan fingerprint density at radius 1 is 1.38 bits per heavy atom. The smallest absolute Gasteiger partial charge is 0.211 e. The molecule has 1 rings (SSSR count). The summed E-state index contributed by atoms with van der Waals surface area (Å²) in [5, 5.41) is 3.55. The molecule has 0 aromatic carbocycles. The lowest BCUT2D eigenvalue weighted by atomic mass is 9.76. The Balaban J connectivity index is 2.50. The van der Waals surface area contributed by atoms with E-state index in [1.165, 1.54) is 6.26 Å². The Hall–Kier alpha value is -0.130. The summed E-state index contributed by atoms with van der Waals surface area (Å²) in [6, 6.07) is 0.523. The molecule has 21 heavy (non-hydrogen) atoms. The fraction of sp³-hybridized carbons (Fsp3) is 1.00. The molecule has 0 aliphatic carbocycles. The normalized spacial score (nSPS) is 23.2. The maximum Gasteiger partial charge on any atom is 0.211 e. The third-order valence-electron chi connectivity index (χ3n) is 4.39. The summed E-state index contributed by atoms with van der Waals surface area (Å²) in [5.74, 6) is 0.502. The standard InChI is InChI=1S/C16H34N2O2S/c1-6-9-17-14(2)11-16(3,4)12-15-8-7-10-18(13-15)21(5,19)20/h14-15,17H,6-13H2,1-5H3. The van der Waals surface area contributed by atoms with Crippen molar-refractivity contribution >= 4 is 10.0 Å². The van der Waals surface area contributed by atoms with Gasteiger partial charge in [-0.2, -0.15) is 0 Å². The quantitative estimate of drug-likeness (QED) is 0.748. The molecule has 0 bridgehead atoms. The lowest BCUT2D eigenvalue weighted by Gasteiger charge is -2.37. The number of sulfonamides is 1. The van der Waals surface area contributed by atoms with Crippen LogP contribution >= 0.6 is 0 Å². The molecule has 2 atom stereocenters. The molecule has 0 radical (unpaired) electrons. The Morgan fingerprint density at radius 3 is 2.62 bits per heavy atom. The van der Waals surface area contributed by atoms with E-state index in [0.717, 1.165) is 38.6 Å². The van der Waals surface area contributed by atoms with E-state index >= 15 is 0 Å². The number of nitrogens with zero attached hydrogens (tertiary/aromatic N) is 1. The molecule has 1 aliphatic rings. The minimum atomic E-state index is -3.03. The highest BCUT2D eigenvalue weighted by Gasteiger charge is 2.31. The summed E-state index contributed by atoms with van der Waals surface area (Å²) in [5.41, 5.74) is 0.255. The largest absolute Gasteiger partial charge is 0.314 e. The first-order chi connectivity index (χ1) is 9.64. The van der Waals surface area contributed by atoms with Crippen LogP contribution in [0.3, 0.4) is 0 Å². The van der Waals surface area contributed by atoms with Gasteiger partial charge in [-0.25, -0.2) is 12.7 Å². The molecule has 1 fully saturated rings. The number of hydrogen-bond acceptors (Lipinski definition) is 3. The minimum absolute atomic E-state index is 0.255. The van der Waals surface area contributed by atoms with E-state index in [0.29, 0.717) is 25.0 Å². The van der Waals surface area contributed by atoms with Crippen molar-refractivity contribution < 1.29 is 8.42 Å². The first-order valence-electron chi connectivity index (χ1n) is 8.32. The van der Waals surface area contributed by atoms with Gasteiger partial charge in [0.15, 0.2) is 0 Å². The lowest BCUT2D eigenvalue weighted by molar-refractivity contribution is 0.171. The van der Waals surface area contributed by atoms with Crippen LogP contribution in [0.1, 0.15) is 59.8 Å². The van der Waals surface area contributed by atoms with E-state index < -0.39 is 10.0 Å². The van der Waals surface area contributed by atoms with E-state index in [4.69, 9.17) is 0 Å². The van der Waals surface area contributed by atoms with Gasteiger partial charge in [-0.05, 0) is 56.9 Å². The van der Waals surface area contributed by atoms with Crippen LogP contribution in [-0.2, 0) is 10.0 Å². The molecule has 0 spiro atoms. The molecule has 1 saturated heterocycles. The van der Waals surface area contributed by atoms with Gasteiger partial charge in [0, 0.05) is 19.1 Å². The van der Waals surface area contributed by atoms with Crippen LogP contribution in [0.5, 0.6) is 0 Å². The van der Waals surface area contributed by atoms with Crippen LogP contribution < -0.4 is 5.32 Å². The zero-order chi connectivity index (χ0) is 16.1. The van der Waals surface area contributed by atoms with Gasteiger partial charge in [0.25, 0.3) is 0 Å². The predicted molar refractivity (Wildman–Crippen MR) is 89.9 cm³/mol. The zero-order valence-corrected chi connectivity index (χ0v) is 15.3. The molecule has 2 unspecified atom stereocenters. The Morgan fingerprint density at radius 2 is 2.05 bits per heavy atom. The Labute approximate surface area is 131 Å². The summed E-state index contributed by atoms with van der Waals surface area (Å²) in [6.45, 7) is 11.5. The number of hydrogen-bond donors (Lipinski definition) is 1. The predicted octanol–water partition coefficient (Wildman–Crippen LogP) is 2.85. The first kappa shape index (κ1) is 18.9. The Kier molecular flexibility index (Phi) is 7.14. The van der Waals surface area contributed by atoms with Gasteiger partial charge in [0.2, 0.25) is 10.0 Å². The first-order valence-corrected chi connectivity index (χ1v) is 10.2. The third-order valence-corrected chi connectivity index (χ3v) is 5.66. The average molecular weight is 319 g/mol. The molecule has 0 saturated carbocycles. The highest BCUT2D eigenvalue weighted by molar-refractivity contribution is 7.88. The van der Waals surface area contributed by atoms with Gasteiger partial charge in [-0.3, -0.25) is 0 Å². The van der Waals surface area contributed by atoms with Gasteiger partial charge in [0.05, 0.1) is 6.26 Å². The monoisotopic (exact) mass is 318 g/mol. The summed E-state index contributed by atoms with van der Waals surface area (Å²) >= 11 is 0. The van der Waals surface area contributed by atoms with Crippen molar-refractivity contribution in [3.8, 4) is 0 Å². The molecule has 4 nitrogen and oxygen atoms in total. The molecule has 1 aliphatic heterocycles. The summed E-state index contributed by atoms with van der Waals surface area (Å²) in [7, 11) is -3.03.